The molecule has 0 saturated carbocycles. The molecule has 19 heavy (non-hydrogen) atoms. The number of sulfone groups is 1. The average molecular weight is 281 g/mol. The third-order valence-electron chi connectivity index (χ3n) is 3.17. The zero-order valence-electron chi connectivity index (χ0n) is 11.3. The standard InChI is InChI=1S/C13H19N3O2S/c1-3-19(17,18)12-6-4-11(5-7-12)10-15-13-14-8-9-16(13)2/h4-7H,3,8-10H2,1-2H3,(H,14,15). The van der Waals surface area contributed by atoms with Crippen molar-refractivity contribution >= 4 is 15.8 Å². The Morgan fingerprint density at radius 2 is 2.00 bits per heavy atom. The molecule has 0 unspecified atom stereocenters. The lowest BCUT2D eigenvalue weighted by atomic mass is 10.2. The number of rotatable bonds is 4. The fraction of sp³-hybridized carbons (Fsp3) is 0.462. The smallest absolute Gasteiger partial charge is 0.194 e. The summed E-state index contributed by atoms with van der Waals surface area (Å²) in [5.41, 5.74) is 1.04. The maximum Gasteiger partial charge on any atom is 0.194 e. The van der Waals surface area contributed by atoms with Crippen molar-refractivity contribution in [1.82, 2.24) is 10.2 Å². The van der Waals surface area contributed by atoms with E-state index in [1.165, 1.54) is 0 Å². The van der Waals surface area contributed by atoms with E-state index in [1.807, 2.05) is 19.2 Å². The predicted octanol–water partition coefficient (Wildman–Crippen LogP) is 0.871. The fourth-order valence-corrected chi connectivity index (χ4v) is 2.77. The van der Waals surface area contributed by atoms with Gasteiger partial charge in [-0.1, -0.05) is 19.1 Å². The molecule has 1 aromatic rings. The average Bonchev–Trinajstić information content (AvgIpc) is 2.82. The van der Waals surface area contributed by atoms with Gasteiger partial charge >= 0.3 is 0 Å². The lowest BCUT2D eigenvalue weighted by Crippen LogP contribution is -2.35. The van der Waals surface area contributed by atoms with E-state index in [2.05, 4.69) is 15.2 Å². The SMILES string of the molecule is CCS(=O)(=O)c1ccc(CNC2=NCCN2C)cc1. The van der Waals surface area contributed by atoms with Gasteiger partial charge in [0.05, 0.1) is 17.2 Å². The van der Waals surface area contributed by atoms with Gasteiger partial charge in [-0.15, -0.1) is 0 Å². The molecule has 0 amide bonds. The topological polar surface area (TPSA) is 61.8 Å². The lowest BCUT2D eigenvalue weighted by molar-refractivity contribution is 0.534. The summed E-state index contributed by atoms with van der Waals surface area (Å²) in [6.45, 7) is 4.07. The van der Waals surface area contributed by atoms with Crippen LogP contribution in [0.15, 0.2) is 34.2 Å². The van der Waals surface area contributed by atoms with Crippen molar-refractivity contribution in [3.05, 3.63) is 29.8 Å². The van der Waals surface area contributed by atoms with Gasteiger partial charge in [0.1, 0.15) is 0 Å². The van der Waals surface area contributed by atoms with Gasteiger partial charge in [-0.3, -0.25) is 4.99 Å². The first-order valence-electron chi connectivity index (χ1n) is 6.34. The molecule has 0 fully saturated rings. The molecule has 1 heterocycles. The molecule has 1 aliphatic heterocycles. The Labute approximate surface area is 114 Å². The molecule has 104 valence electrons. The first-order valence-corrected chi connectivity index (χ1v) is 7.99. The second-order valence-corrected chi connectivity index (χ2v) is 6.81. The first kappa shape index (κ1) is 13.9. The van der Waals surface area contributed by atoms with Crippen LogP contribution in [-0.2, 0) is 16.4 Å². The van der Waals surface area contributed by atoms with Crippen LogP contribution in [0.3, 0.4) is 0 Å². The lowest BCUT2D eigenvalue weighted by Gasteiger charge is -2.15. The highest BCUT2D eigenvalue weighted by molar-refractivity contribution is 7.91. The molecule has 0 radical (unpaired) electrons. The highest BCUT2D eigenvalue weighted by atomic mass is 32.2. The molecule has 5 nitrogen and oxygen atoms in total. The van der Waals surface area contributed by atoms with Gasteiger partial charge in [0, 0.05) is 20.1 Å². The van der Waals surface area contributed by atoms with Crippen molar-refractivity contribution in [2.24, 2.45) is 4.99 Å². The minimum atomic E-state index is -3.11. The fourth-order valence-electron chi connectivity index (χ4n) is 1.89. The highest BCUT2D eigenvalue weighted by Gasteiger charge is 2.12. The molecular weight excluding hydrogens is 262 g/mol. The Balaban J connectivity index is 2.00. The number of likely N-dealkylation sites (N-methyl/N-ethyl adjacent to an activating group) is 1. The molecule has 0 spiro atoms. The Bertz CT molecular complexity index is 564. The molecule has 2 rings (SSSR count). The molecule has 0 aromatic heterocycles. The van der Waals surface area contributed by atoms with E-state index in [0.29, 0.717) is 11.4 Å². The maximum absolute atomic E-state index is 11.7. The molecular formula is C13H19N3O2S. The van der Waals surface area contributed by atoms with Gasteiger partial charge in [0.2, 0.25) is 0 Å². The van der Waals surface area contributed by atoms with E-state index in [0.717, 1.165) is 24.6 Å². The van der Waals surface area contributed by atoms with Crippen LogP contribution in [0.2, 0.25) is 0 Å². The Morgan fingerprint density at radius 1 is 1.32 bits per heavy atom. The zero-order chi connectivity index (χ0) is 13.9. The van der Waals surface area contributed by atoms with Crippen molar-refractivity contribution in [3.8, 4) is 0 Å². The summed E-state index contributed by atoms with van der Waals surface area (Å²) in [5.74, 6) is 1.02. The Morgan fingerprint density at radius 3 is 2.53 bits per heavy atom. The number of nitrogens with one attached hydrogen (secondary N) is 1. The van der Waals surface area contributed by atoms with E-state index in [4.69, 9.17) is 0 Å². The normalized spacial score (nSPS) is 15.5. The number of hydrogen-bond donors (Lipinski definition) is 1. The molecule has 0 atom stereocenters. The van der Waals surface area contributed by atoms with E-state index in [9.17, 15) is 8.42 Å². The van der Waals surface area contributed by atoms with Crippen molar-refractivity contribution in [2.45, 2.75) is 18.4 Å². The van der Waals surface area contributed by atoms with Gasteiger partial charge in [-0.05, 0) is 17.7 Å². The molecule has 0 aliphatic carbocycles. The van der Waals surface area contributed by atoms with E-state index in [-0.39, 0.29) is 5.75 Å². The monoisotopic (exact) mass is 281 g/mol. The summed E-state index contributed by atoms with van der Waals surface area (Å²) in [6, 6.07) is 7.00. The predicted molar refractivity (Wildman–Crippen MR) is 75.9 cm³/mol. The highest BCUT2D eigenvalue weighted by Crippen LogP contribution is 2.12. The van der Waals surface area contributed by atoms with E-state index < -0.39 is 9.84 Å². The third kappa shape index (κ3) is 3.26. The third-order valence-corrected chi connectivity index (χ3v) is 4.92. The largest absolute Gasteiger partial charge is 0.352 e. The van der Waals surface area contributed by atoms with E-state index in [1.54, 1.807) is 19.1 Å². The summed E-state index contributed by atoms with van der Waals surface area (Å²) in [6.07, 6.45) is 0. The quantitative estimate of drug-likeness (QED) is 0.889. The zero-order valence-corrected chi connectivity index (χ0v) is 12.1. The van der Waals surface area contributed by atoms with Crippen LogP contribution >= 0.6 is 0 Å². The van der Waals surface area contributed by atoms with Gasteiger partial charge in [-0.25, -0.2) is 8.42 Å². The summed E-state index contributed by atoms with van der Waals surface area (Å²) in [7, 11) is -1.11. The number of guanidine groups is 1. The molecule has 1 aromatic carbocycles. The summed E-state index contributed by atoms with van der Waals surface area (Å²) < 4.78 is 23.4. The van der Waals surface area contributed by atoms with Crippen LogP contribution in [0, 0.1) is 0 Å². The minimum absolute atomic E-state index is 0.131. The molecule has 1 N–H and O–H groups in total. The maximum atomic E-state index is 11.7. The Kier molecular flexibility index (Phi) is 4.09. The van der Waals surface area contributed by atoms with Crippen molar-refractivity contribution in [3.63, 3.8) is 0 Å². The van der Waals surface area contributed by atoms with Gasteiger partial charge in [0.25, 0.3) is 0 Å². The molecule has 1 aliphatic rings. The van der Waals surface area contributed by atoms with Crippen LogP contribution < -0.4 is 5.32 Å². The number of nitrogens with zero attached hydrogens (tertiary/aromatic N) is 2. The molecule has 6 heteroatoms. The Hall–Kier alpha value is -1.56. The van der Waals surface area contributed by atoms with Crippen LogP contribution in [-0.4, -0.2) is 45.2 Å². The summed E-state index contributed by atoms with van der Waals surface area (Å²) >= 11 is 0. The first-order chi connectivity index (χ1) is 9.03. The van der Waals surface area contributed by atoms with E-state index >= 15 is 0 Å². The van der Waals surface area contributed by atoms with Crippen molar-refractivity contribution in [1.29, 1.82) is 0 Å². The number of benzene rings is 1. The number of aliphatic imine (C=N–C) groups is 1. The second kappa shape index (κ2) is 5.61. The minimum Gasteiger partial charge on any atom is -0.352 e. The summed E-state index contributed by atoms with van der Waals surface area (Å²) in [4.78, 5) is 6.79. The summed E-state index contributed by atoms with van der Waals surface area (Å²) in [5, 5.41) is 3.25. The van der Waals surface area contributed by atoms with Crippen molar-refractivity contribution < 1.29 is 8.42 Å². The molecule has 0 bridgehead atoms. The van der Waals surface area contributed by atoms with Crippen molar-refractivity contribution in [2.75, 3.05) is 25.9 Å². The van der Waals surface area contributed by atoms with Gasteiger partial charge in [0.15, 0.2) is 15.8 Å². The second-order valence-electron chi connectivity index (χ2n) is 4.53. The number of hydrogen-bond acceptors (Lipinski definition) is 5. The molecule has 0 saturated heterocycles. The van der Waals surface area contributed by atoms with Gasteiger partial charge < -0.3 is 10.2 Å². The van der Waals surface area contributed by atoms with Gasteiger partial charge in [-0.2, -0.15) is 0 Å². The van der Waals surface area contributed by atoms with Crippen LogP contribution in [0.1, 0.15) is 12.5 Å². The van der Waals surface area contributed by atoms with Crippen LogP contribution in [0.25, 0.3) is 0 Å². The van der Waals surface area contributed by atoms with Crippen LogP contribution in [0.4, 0.5) is 0 Å². The van der Waals surface area contributed by atoms with Crippen LogP contribution in [0.5, 0.6) is 0 Å².